The van der Waals surface area contributed by atoms with Gasteiger partial charge in [-0.25, -0.2) is 4.39 Å². The first kappa shape index (κ1) is 11.5. The first-order valence-electron chi connectivity index (χ1n) is 3.98. The fourth-order valence-electron chi connectivity index (χ4n) is 1.14. The van der Waals surface area contributed by atoms with Gasteiger partial charge in [-0.05, 0) is 25.1 Å². The van der Waals surface area contributed by atoms with Crippen LogP contribution < -0.4 is 5.84 Å². The van der Waals surface area contributed by atoms with Crippen molar-refractivity contribution in [1.82, 2.24) is 0 Å². The van der Waals surface area contributed by atoms with Crippen LogP contribution in [0.25, 0.3) is 0 Å². The minimum atomic E-state index is -4.62. The van der Waals surface area contributed by atoms with E-state index in [2.05, 4.69) is 5.10 Å². The predicted molar refractivity (Wildman–Crippen MR) is 47.8 cm³/mol. The van der Waals surface area contributed by atoms with E-state index in [4.69, 9.17) is 5.84 Å². The van der Waals surface area contributed by atoms with Crippen LogP contribution in [0.4, 0.5) is 17.6 Å². The van der Waals surface area contributed by atoms with Gasteiger partial charge in [0.15, 0.2) is 0 Å². The highest BCUT2D eigenvalue weighted by Gasteiger charge is 2.34. The maximum atomic E-state index is 12.7. The Morgan fingerprint density at radius 2 is 1.93 bits per heavy atom. The number of hydrazone groups is 1. The molecule has 0 heterocycles. The Labute approximate surface area is 83.4 Å². The Morgan fingerprint density at radius 3 is 2.40 bits per heavy atom. The summed E-state index contributed by atoms with van der Waals surface area (Å²) in [7, 11) is 0. The van der Waals surface area contributed by atoms with Crippen molar-refractivity contribution in [3.8, 4) is 0 Å². The Balaban J connectivity index is 3.40. The number of benzene rings is 1. The molecule has 1 aromatic carbocycles. The summed E-state index contributed by atoms with van der Waals surface area (Å²) >= 11 is 0. The zero-order valence-corrected chi connectivity index (χ0v) is 7.77. The van der Waals surface area contributed by atoms with Crippen LogP contribution >= 0.6 is 0 Å². The van der Waals surface area contributed by atoms with Gasteiger partial charge >= 0.3 is 6.18 Å². The van der Waals surface area contributed by atoms with Gasteiger partial charge in [-0.15, -0.1) is 0 Å². The Kier molecular flexibility index (Phi) is 2.97. The highest BCUT2D eigenvalue weighted by Crippen LogP contribution is 2.32. The Hall–Kier alpha value is -1.59. The standard InChI is InChI=1S/C9H8F4N2/c1-5(15-14)7-3-2-6(10)4-8(7)9(11,12)13/h2-4H,14H2,1H3/b15-5+. The van der Waals surface area contributed by atoms with E-state index in [9.17, 15) is 17.6 Å². The molecule has 0 saturated carbocycles. The minimum absolute atomic E-state index is 0.00215. The largest absolute Gasteiger partial charge is 0.417 e. The van der Waals surface area contributed by atoms with Crippen LogP contribution in [0, 0.1) is 5.82 Å². The highest BCUT2D eigenvalue weighted by atomic mass is 19.4. The van der Waals surface area contributed by atoms with Gasteiger partial charge < -0.3 is 5.84 Å². The Morgan fingerprint density at radius 1 is 1.33 bits per heavy atom. The smallest absolute Gasteiger partial charge is 0.323 e. The maximum absolute atomic E-state index is 12.7. The number of halogens is 4. The van der Waals surface area contributed by atoms with Gasteiger partial charge in [0.05, 0.1) is 11.3 Å². The van der Waals surface area contributed by atoms with Crippen molar-refractivity contribution in [2.75, 3.05) is 0 Å². The summed E-state index contributed by atoms with van der Waals surface area (Å²) in [6, 6.07) is 2.35. The van der Waals surface area contributed by atoms with E-state index in [1.165, 1.54) is 6.92 Å². The van der Waals surface area contributed by atoms with Crippen LogP contribution in [0.15, 0.2) is 23.3 Å². The monoisotopic (exact) mass is 220 g/mol. The molecule has 2 N–H and O–H groups in total. The lowest BCUT2D eigenvalue weighted by Gasteiger charge is -2.11. The van der Waals surface area contributed by atoms with Gasteiger partial charge in [0.2, 0.25) is 0 Å². The van der Waals surface area contributed by atoms with Crippen molar-refractivity contribution in [3.63, 3.8) is 0 Å². The number of rotatable bonds is 1. The lowest BCUT2D eigenvalue weighted by Crippen LogP contribution is -2.13. The molecule has 1 aromatic rings. The van der Waals surface area contributed by atoms with Crippen molar-refractivity contribution < 1.29 is 17.6 Å². The number of alkyl halides is 3. The lowest BCUT2D eigenvalue weighted by molar-refractivity contribution is -0.137. The first-order chi connectivity index (χ1) is 6.86. The molecule has 2 nitrogen and oxygen atoms in total. The number of hydrogen-bond donors (Lipinski definition) is 1. The lowest BCUT2D eigenvalue weighted by atomic mass is 10.0. The molecule has 0 spiro atoms. The van der Waals surface area contributed by atoms with Crippen molar-refractivity contribution in [3.05, 3.63) is 35.1 Å². The summed E-state index contributed by atoms with van der Waals surface area (Å²) in [6.07, 6.45) is -4.62. The molecule has 0 radical (unpaired) electrons. The summed E-state index contributed by atoms with van der Waals surface area (Å²) in [4.78, 5) is 0. The number of nitrogens with two attached hydrogens (primary N) is 1. The molecule has 82 valence electrons. The summed E-state index contributed by atoms with van der Waals surface area (Å²) in [5.74, 6) is 3.93. The molecule has 0 aliphatic heterocycles. The highest BCUT2D eigenvalue weighted by molar-refractivity contribution is 5.99. The van der Waals surface area contributed by atoms with E-state index in [1.807, 2.05) is 0 Å². The van der Waals surface area contributed by atoms with Gasteiger partial charge in [0.1, 0.15) is 5.82 Å². The molecule has 15 heavy (non-hydrogen) atoms. The second kappa shape index (κ2) is 3.88. The quantitative estimate of drug-likeness (QED) is 0.336. The molecule has 1 rings (SSSR count). The van der Waals surface area contributed by atoms with Gasteiger partial charge in [-0.1, -0.05) is 0 Å². The molecule has 0 fully saturated rings. The molecule has 6 heteroatoms. The van der Waals surface area contributed by atoms with E-state index < -0.39 is 17.6 Å². The molecule has 0 amide bonds. The van der Waals surface area contributed by atoms with E-state index in [0.717, 1.165) is 12.1 Å². The average Bonchev–Trinajstić information content (AvgIpc) is 2.15. The van der Waals surface area contributed by atoms with Crippen molar-refractivity contribution >= 4 is 5.71 Å². The molecule has 0 bridgehead atoms. The third kappa shape index (κ3) is 2.45. The molecule has 0 atom stereocenters. The summed E-state index contributed by atoms with van der Waals surface area (Å²) < 4.78 is 50.1. The zero-order chi connectivity index (χ0) is 11.6. The molecule has 0 aliphatic rings. The number of hydrogen-bond acceptors (Lipinski definition) is 2. The van der Waals surface area contributed by atoms with Crippen LogP contribution in [0.1, 0.15) is 18.1 Å². The maximum Gasteiger partial charge on any atom is 0.417 e. The second-order valence-electron chi connectivity index (χ2n) is 2.90. The van der Waals surface area contributed by atoms with E-state index >= 15 is 0 Å². The molecular formula is C9H8F4N2. The third-order valence-electron chi connectivity index (χ3n) is 1.87. The average molecular weight is 220 g/mol. The molecule has 0 saturated heterocycles. The van der Waals surface area contributed by atoms with Crippen LogP contribution in [0.3, 0.4) is 0 Å². The first-order valence-corrected chi connectivity index (χ1v) is 3.98. The van der Waals surface area contributed by atoms with E-state index in [-0.39, 0.29) is 11.3 Å². The normalized spacial score (nSPS) is 13.0. The van der Waals surface area contributed by atoms with Crippen molar-refractivity contribution in [2.45, 2.75) is 13.1 Å². The molecular weight excluding hydrogens is 212 g/mol. The van der Waals surface area contributed by atoms with Gasteiger partial charge in [-0.3, -0.25) is 0 Å². The van der Waals surface area contributed by atoms with Gasteiger partial charge in [0.25, 0.3) is 0 Å². The topological polar surface area (TPSA) is 38.4 Å². The van der Waals surface area contributed by atoms with Crippen LogP contribution in [-0.2, 0) is 6.18 Å². The number of nitrogens with zero attached hydrogens (tertiary/aromatic N) is 1. The SMILES string of the molecule is C/C(=N\N)c1ccc(F)cc1C(F)(F)F. The van der Waals surface area contributed by atoms with Crippen molar-refractivity contribution in [1.29, 1.82) is 0 Å². The molecule has 0 unspecified atom stereocenters. The molecule has 0 aromatic heterocycles. The van der Waals surface area contributed by atoms with Gasteiger partial charge in [0, 0.05) is 5.56 Å². The summed E-state index contributed by atoms with van der Waals surface area (Å²) in [5.41, 5.74) is -1.29. The predicted octanol–water partition coefficient (Wildman–Crippen LogP) is 2.53. The van der Waals surface area contributed by atoms with E-state index in [0.29, 0.717) is 6.07 Å². The third-order valence-corrected chi connectivity index (χ3v) is 1.87. The van der Waals surface area contributed by atoms with Crippen LogP contribution in [0.5, 0.6) is 0 Å². The van der Waals surface area contributed by atoms with Crippen LogP contribution in [-0.4, -0.2) is 5.71 Å². The summed E-state index contributed by atoms with van der Waals surface area (Å²) in [6.45, 7) is 1.32. The minimum Gasteiger partial charge on any atom is -0.323 e. The van der Waals surface area contributed by atoms with Crippen molar-refractivity contribution in [2.24, 2.45) is 10.9 Å². The summed E-state index contributed by atoms with van der Waals surface area (Å²) in [5, 5.41) is 3.16. The van der Waals surface area contributed by atoms with Gasteiger partial charge in [-0.2, -0.15) is 18.3 Å². The van der Waals surface area contributed by atoms with Crippen LogP contribution in [0.2, 0.25) is 0 Å². The van der Waals surface area contributed by atoms with E-state index in [1.54, 1.807) is 0 Å². The fourth-order valence-corrected chi connectivity index (χ4v) is 1.14. The second-order valence-corrected chi connectivity index (χ2v) is 2.90. The Bertz CT molecular complexity index is 396. The molecule has 0 aliphatic carbocycles. The fraction of sp³-hybridized carbons (Fsp3) is 0.222. The zero-order valence-electron chi connectivity index (χ0n) is 7.77.